The van der Waals surface area contributed by atoms with Crippen LogP contribution in [0.3, 0.4) is 0 Å². The summed E-state index contributed by atoms with van der Waals surface area (Å²) in [6.45, 7) is 5.74. The van der Waals surface area contributed by atoms with Gasteiger partial charge in [0.05, 0.1) is 6.54 Å². The molecule has 0 radical (unpaired) electrons. The standard InChI is InChI=1S/C22H22ClN3O2/c1-3-19-12-21(25-14(2)24-19)26-7-8-28-22-17(13-26)9-16(11-20(22)27)15-5-4-6-18(23)10-15/h4-6,9-12,27H,3,7-8,13H2,1-2H3. The minimum Gasteiger partial charge on any atom is -0.504 e. The van der Waals surface area contributed by atoms with Crippen molar-refractivity contribution < 1.29 is 9.84 Å². The van der Waals surface area contributed by atoms with E-state index in [4.69, 9.17) is 16.3 Å². The zero-order chi connectivity index (χ0) is 19.7. The van der Waals surface area contributed by atoms with Gasteiger partial charge in [-0.05, 0) is 48.7 Å². The molecule has 1 aliphatic heterocycles. The molecule has 0 saturated carbocycles. The number of rotatable bonds is 3. The van der Waals surface area contributed by atoms with E-state index >= 15 is 0 Å². The highest BCUT2D eigenvalue weighted by molar-refractivity contribution is 6.30. The van der Waals surface area contributed by atoms with Crippen LogP contribution in [-0.2, 0) is 13.0 Å². The van der Waals surface area contributed by atoms with E-state index in [1.54, 1.807) is 6.07 Å². The zero-order valence-corrected chi connectivity index (χ0v) is 16.7. The van der Waals surface area contributed by atoms with Crippen LogP contribution in [0.25, 0.3) is 11.1 Å². The predicted octanol–water partition coefficient (Wildman–Crippen LogP) is 4.77. The number of aryl methyl sites for hydroxylation is 2. The van der Waals surface area contributed by atoms with Crippen molar-refractivity contribution in [1.82, 2.24) is 9.97 Å². The lowest BCUT2D eigenvalue weighted by molar-refractivity contribution is 0.311. The summed E-state index contributed by atoms with van der Waals surface area (Å²) in [5.74, 6) is 2.32. The first-order valence-electron chi connectivity index (χ1n) is 9.37. The molecule has 1 aliphatic rings. The maximum Gasteiger partial charge on any atom is 0.166 e. The van der Waals surface area contributed by atoms with Crippen LogP contribution < -0.4 is 9.64 Å². The van der Waals surface area contributed by atoms with Crippen molar-refractivity contribution in [3.05, 3.63) is 64.6 Å². The molecule has 0 saturated heterocycles. The summed E-state index contributed by atoms with van der Waals surface area (Å²) in [6.07, 6.45) is 0.858. The Balaban J connectivity index is 1.73. The van der Waals surface area contributed by atoms with Crippen LogP contribution in [0.4, 0.5) is 5.82 Å². The topological polar surface area (TPSA) is 58.5 Å². The number of nitrogens with zero attached hydrogens (tertiary/aromatic N) is 3. The quantitative estimate of drug-likeness (QED) is 0.692. The summed E-state index contributed by atoms with van der Waals surface area (Å²) in [4.78, 5) is 11.3. The van der Waals surface area contributed by atoms with Gasteiger partial charge in [-0.1, -0.05) is 30.7 Å². The van der Waals surface area contributed by atoms with E-state index < -0.39 is 0 Å². The van der Waals surface area contributed by atoms with Crippen LogP contribution in [-0.4, -0.2) is 28.2 Å². The molecular formula is C22H22ClN3O2. The number of benzene rings is 2. The first kappa shape index (κ1) is 18.6. The third-order valence-electron chi connectivity index (χ3n) is 4.84. The Bertz CT molecular complexity index is 1020. The number of hydrogen-bond acceptors (Lipinski definition) is 5. The van der Waals surface area contributed by atoms with Gasteiger partial charge in [-0.15, -0.1) is 0 Å². The summed E-state index contributed by atoms with van der Waals surface area (Å²) in [6, 6.07) is 13.4. The van der Waals surface area contributed by atoms with Gasteiger partial charge in [-0.2, -0.15) is 0 Å². The largest absolute Gasteiger partial charge is 0.504 e. The number of fused-ring (bicyclic) bond motifs is 1. The van der Waals surface area contributed by atoms with Crippen LogP contribution in [0.5, 0.6) is 11.5 Å². The Kier molecular flexibility index (Phi) is 5.09. The van der Waals surface area contributed by atoms with Gasteiger partial charge < -0.3 is 14.7 Å². The minimum absolute atomic E-state index is 0.141. The lowest BCUT2D eigenvalue weighted by Gasteiger charge is -2.22. The normalized spacial score (nSPS) is 13.6. The molecular weight excluding hydrogens is 374 g/mol. The second-order valence-electron chi connectivity index (χ2n) is 6.88. The SMILES string of the molecule is CCc1cc(N2CCOc3c(O)cc(-c4cccc(Cl)c4)cc3C2)nc(C)n1. The molecule has 3 aromatic rings. The number of ether oxygens (including phenoxy) is 1. The molecule has 0 atom stereocenters. The monoisotopic (exact) mass is 395 g/mol. The van der Waals surface area contributed by atoms with Crippen LogP contribution in [0.1, 0.15) is 24.0 Å². The van der Waals surface area contributed by atoms with Gasteiger partial charge in [-0.25, -0.2) is 9.97 Å². The summed E-state index contributed by atoms with van der Waals surface area (Å²) in [5.41, 5.74) is 3.79. The van der Waals surface area contributed by atoms with E-state index in [0.717, 1.165) is 40.4 Å². The van der Waals surface area contributed by atoms with Crippen LogP contribution in [0.2, 0.25) is 5.02 Å². The Labute approximate surface area is 169 Å². The average Bonchev–Trinajstić information content (AvgIpc) is 2.90. The number of halogens is 1. The molecule has 6 heteroatoms. The van der Waals surface area contributed by atoms with Crippen molar-refractivity contribution in [3.8, 4) is 22.6 Å². The molecule has 28 heavy (non-hydrogen) atoms. The van der Waals surface area contributed by atoms with Crippen molar-refractivity contribution >= 4 is 17.4 Å². The van der Waals surface area contributed by atoms with Crippen LogP contribution >= 0.6 is 11.6 Å². The maximum atomic E-state index is 10.6. The molecule has 0 unspecified atom stereocenters. The second kappa shape index (κ2) is 7.68. The van der Waals surface area contributed by atoms with Crippen molar-refractivity contribution in [3.63, 3.8) is 0 Å². The van der Waals surface area contributed by atoms with Crippen molar-refractivity contribution in [2.24, 2.45) is 0 Å². The molecule has 1 N–H and O–H groups in total. The molecule has 0 bridgehead atoms. The van der Waals surface area contributed by atoms with Gasteiger partial charge in [-0.3, -0.25) is 0 Å². The molecule has 0 amide bonds. The van der Waals surface area contributed by atoms with E-state index in [1.807, 2.05) is 43.3 Å². The smallest absolute Gasteiger partial charge is 0.166 e. The summed E-state index contributed by atoms with van der Waals surface area (Å²) >= 11 is 6.14. The second-order valence-corrected chi connectivity index (χ2v) is 7.32. The molecule has 0 fully saturated rings. The van der Waals surface area contributed by atoms with E-state index in [2.05, 4.69) is 21.8 Å². The fourth-order valence-electron chi connectivity index (χ4n) is 3.48. The van der Waals surface area contributed by atoms with E-state index in [1.165, 1.54) is 0 Å². The van der Waals surface area contributed by atoms with Gasteiger partial charge in [0, 0.05) is 28.9 Å². The molecule has 5 nitrogen and oxygen atoms in total. The molecule has 0 aliphatic carbocycles. The number of aromatic nitrogens is 2. The van der Waals surface area contributed by atoms with Gasteiger partial charge >= 0.3 is 0 Å². The molecule has 1 aromatic heterocycles. The first-order chi connectivity index (χ1) is 13.5. The van der Waals surface area contributed by atoms with Gasteiger partial charge in [0.15, 0.2) is 11.5 Å². The van der Waals surface area contributed by atoms with Crippen molar-refractivity contribution in [2.45, 2.75) is 26.8 Å². The summed E-state index contributed by atoms with van der Waals surface area (Å²) < 4.78 is 5.87. The van der Waals surface area contributed by atoms with Crippen LogP contribution in [0.15, 0.2) is 42.5 Å². The van der Waals surface area contributed by atoms with Gasteiger partial charge in [0.25, 0.3) is 0 Å². The van der Waals surface area contributed by atoms with E-state index in [-0.39, 0.29) is 5.75 Å². The Morgan fingerprint density at radius 1 is 1.14 bits per heavy atom. The number of hydrogen-bond donors (Lipinski definition) is 1. The van der Waals surface area contributed by atoms with Gasteiger partial charge in [0.2, 0.25) is 0 Å². The highest BCUT2D eigenvalue weighted by atomic mass is 35.5. The van der Waals surface area contributed by atoms with Crippen LogP contribution in [0, 0.1) is 6.92 Å². The molecule has 0 spiro atoms. The number of aromatic hydroxyl groups is 1. The Hall–Kier alpha value is -2.79. The predicted molar refractivity (Wildman–Crippen MR) is 111 cm³/mol. The number of phenols is 1. The van der Waals surface area contributed by atoms with Crippen molar-refractivity contribution in [2.75, 3.05) is 18.1 Å². The molecule has 4 rings (SSSR count). The highest BCUT2D eigenvalue weighted by Crippen LogP contribution is 2.38. The van der Waals surface area contributed by atoms with E-state index in [0.29, 0.717) is 30.5 Å². The molecule has 2 heterocycles. The molecule has 2 aromatic carbocycles. The fourth-order valence-corrected chi connectivity index (χ4v) is 3.67. The lowest BCUT2D eigenvalue weighted by atomic mass is 10.0. The lowest BCUT2D eigenvalue weighted by Crippen LogP contribution is -2.26. The Morgan fingerprint density at radius 2 is 2.00 bits per heavy atom. The summed E-state index contributed by atoms with van der Waals surface area (Å²) in [5, 5.41) is 11.2. The average molecular weight is 396 g/mol. The van der Waals surface area contributed by atoms with Gasteiger partial charge in [0.1, 0.15) is 18.2 Å². The third kappa shape index (κ3) is 3.76. The highest BCUT2D eigenvalue weighted by Gasteiger charge is 2.21. The Morgan fingerprint density at radius 3 is 2.79 bits per heavy atom. The zero-order valence-electron chi connectivity index (χ0n) is 15.9. The summed E-state index contributed by atoms with van der Waals surface area (Å²) in [7, 11) is 0. The first-order valence-corrected chi connectivity index (χ1v) is 9.75. The molecule has 144 valence electrons. The number of phenolic OH excluding ortho intramolecular Hbond substituents is 1. The number of anilines is 1. The minimum atomic E-state index is 0.141. The third-order valence-corrected chi connectivity index (χ3v) is 5.07. The van der Waals surface area contributed by atoms with Crippen molar-refractivity contribution in [1.29, 1.82) is 0 Å². The maximum absolute atomic E-state index is 10.6. The fraction of sp³-hybridized carbons (Fsp3) is 0.273. The van der Waals surface area contributed by atoms with E-state index in [9.17, 15) is 5.11 Å².